The lowest BCUT2D eigenvalue weighted by molar-refractivity contribution is 0.0981. The maximum atomic E-state index is 12.3. The minimum absolute atomic E-state index is 0.00607. The van der Waals surface area contributed by atoms with Gasteiger partial charge in [0.25, 0.3) is 0 Å². The summed E-state index contributed by atoms with van der Waals surface area (Å²) in [5, 5.41) is 5.76. The summed E-state index contributed by atoms with van der Waals surface area (Å²) >= 11 is 6.49. The zero-order valence-electron chi connectivity index (χ0n) is 20.3. The lowest BCUT2D eigenvalue weighted by atomic mass is 10.0. The molecule has 182 valence electrons. The average molecular weight is 494 g/mol. The topological polar surface area (TPSA) is 82.4 Å². The predicted octanol–water partition coefficient (Wildman–Crippen LogP) is 5.55. The number of nitrogens with zero attached hydrogens (tertiary/aromatic N) is 5. The van der Waals surface area contributed by atoms with Crippen LogP contribution >= 0.6 is 11.6 Å². The van der Waals surface area contributed by atoms with Gasteiger partial charge in [0, 0.05) is 54.7 Å². The van der Waals surface area contributed by atoms with Gasteiger partial charge in [0.1, 0.15) is 24.5 Å². The molecule has 0 unspecified atom stereocenters. The number of fused-ring (bicyclic) bond motifs is 1. The molecule has 0 atom stereocenters. The Kier molecular flexibility index (Phi) is 7.51. The van der Waals surface area contributed by atoms with E-state index in [9.17, 15) is 4.79 Å². The molecule has 4 rings (SSSR count). The van der Waals surface area contributed by atoms with E-state index in [0.717, 1.165) is 27.9 Å². The van der Waals surface area contributed by atoms with E-state index in [1.54, 1.807) is 23.4 Å². The Bertz CT molecular complexity index is 1350. The molecular formula is C26H28ClN5O3. The predicted molar refractivity (Wildman–Crippen MR) is 135 cm³/mol. The number of carbonyl (C=O) groups is 1. The number of rotatable bonds is 8. The molecule has 0 aliphatic rings. The normalized spacial score (nSPS) is 11.0. The first-order valence-corrected chi connectivity index (χ1v) is 11.9. The third-order valence-corrected chi connectivity index (χ3v) is 6.20. The van der Waals surface area contributed by atoms with E-state index in [1.165, 1.54) is 0 Å². The first-order valence-electron chi connectivity index (χ1n) is 11.5. The van der Waals surface area contributed by atoms with Crippen LogP contribution in [-0.4, -0.2) is 43.8 Å². The molecule has 3 aromatic heterocycles. The van der Waals surface area contributed by atoms with Crippen LogP contribution in [0.15, 0.2) is 48.8 Å². The van der Waals surface area contributed by atoms with E-state index in [2.05, 4.69) is 10.1 Å². The minimum atomic E-state index is -0.389. The summed E-state index contributed by atoms with van der Waals surface area (Å²) < 4.78 is 13.5. The number of hydrogen-bond donors (Lipinski definition) is 0. The summed E-state index contributed by atoms with van der Waals surface area (Å²) in [6, 6.07) is 11.6. The molecule has 9 heteroatoms. The molecule has 0 radical (unpaired) electrons. The smallest absolute Gasteiger partial charge is 0.410 e. The van der Waals surface area contributed by atoms with Crippen molar-refractivity contribution >= 4 is 28.6 Å². The molecule has 0 aliphatic carbocycles. The highest BCUT2D eigenvalue weighted by molar-refractivity contribution is 6.31. The van der Waals surface area contributed by atoms with E-state index in [1.807, 2.05) is 62.8 Å². The molecule has 1 aromatic carbocycles. The van der Waals surface area contributed by atoms with Gasteiger partial charge in [0.2, 0.25) is 0 Å². The molecule has 3 heterocycles. The van der Waals surface area contributed by atoms with Gasteiger partial charge in [-0.1, -0.05) is 23.7 Å². The fraction of sp³-hybridized carbons (Fsp3) is 0.308. The summed E-state index contributed by atoms with van der Waals surface area (Å²) in [6.07, 6.45) is 2.98. The van der Waals surface area contributed by atoms with Gasteiger partial charge in [-0.25, -0.2) is 9.78 Å². The number of pyridine rings is 2. The van der Waals surface area contributed by atoms with Crippen LogP contribution < -0.4 is 4.74 Å². The third kappa shape index (κ3) is 5.22. The van der Waals surface area contributed by atoms with Crippen molar-refractivity contribution in [3.05, 3.63) is 70.8 Å². The zero-order chi connectivity index (χ0) is 24.9. The number of ether oxygens (including phenoxy) is 2. The van der Waals surface area contributed by atoms with Crippen molar-refractivity contribution in [1.82, 2.24) is 24.6 Å². The average Bonchev–Trinajstić information content (AvgIpc) is 3.28. The van der Waals surface area contributed by atoms with Crippen LogP contribution in [0.4, 0.5) is 4.79 Å². The third-order valence-electron chi connectivity index (χ3n) is 5.84. The lowest BCUT2D eigenvalue weighted by Gasteiger charge is -2.19. The molecule has 8 nitrogen and oxygen atoms in total. The van der Waals surface area contributed by atoms with E-state index in [4.69, 9.17) is 26.1 Å². The Labute approximate surface area is 209 Å². The van der Waals surface area contributed by atoms with E-state index >= 15 is 0 Å². The second kappa shape index (κ2) is 10.7. The maximum absolute atomic E-state index is 12.3. The summed E-state index contributed by atoms with van der Waals surface area (Å²) in [5.74, 6) is 0.626. The van der Waals surface area contributed by atoms with Crippen LogP contribution in [0.3, 0.4) is 0 Å². The van der Waals surface area contributed by atoms with Crippen molar-refractivity contribution in [2.45, 2.75) is 34.0 Å². The van der Waals surface area contributed by atoms with Crippen molar-refractivity contribution in [2.75, 3.05) is 13.1 Å². The fourth-order valence-corrected chi connectivity index (χ4v) is 4.18. The molecule has 0 saturated heterocycles. The number of aromatic nitrogens is 4. The second-order valence-electron chi connectivity index (χ2n) is 8.04. The van der Waals surface area contributed by atoms with Crippen molar-refractivity contribution < 1.29 is 14.3 Å². The van der Waals surface area contributed by atoms with E-state index in [0.29, 0.717) is 35.1 Å². The minimum Gasteiger partial charge on any atom is -0.486 e. The number of amides is 1. The Morgan fingerprint density at radius 3 is 2.63 bits per heavy atom. The Morgan fingerprint density at radius 2 is 1.91 bits per heavy atom. The van der Waals surface area contributed by atoms with Gasteiger partial charge in [0.05, 0.1) is 16.4 Å². The zero-order valence-corrected chi connectivity index (χ0v) is 21.0. The molecule has 1 amide bonds. The van der Waals surface area contributed by atoms with Gasteiger partial charge in [-0.15, -0.1) is 0 Å². The quantitative estimate of drug-likeness (QED) is 0.320. The van der Waals surface area contributed by atoms with Crippen molar-refractivity contribution in [2.24, 2.45) is 7.05 Å². The molecule has 0 fully saturated rings. The summed E-state index contributed by atoms with van der Waals surface area (Å²) in [4.78, 5) is 23.0. The van der Waals surface area contributed by atoms with Crippen LogP contribution in [0.2, 0.25) is 5.02 Å². The fourth-order valence-electron chi connectivity index (χ4n) is 3.96. The molecule has 0 bridgehead atoms. The standard InChI is InChI=1S/C26H28ClN5O3/c1-5-32(6-2)26(33)35-16-22-20(21(27)10-12-28-22)15-34-24-9-7-8-18-19(14-17(3)30-25(18)24)23-11-13-29-31(23)4/h7-14H,5-6,15-16H2,1-4H3. The monoisotopic (exact) mass is 493 g/mol. The summed E-state index contributed by atoms with van der Waals surface area (Å²) in [6.45, 7) is 7.07. The van der Waals surface area contributed by atoms with E-state index in [-0.39, 0.29) is 19.3 Å². The van der Waals surface area contributed by atoms with Crippen molar-refractivity contribution in [3.8, 4) is 17.0 Å². The van der Waals surface area contributed by atoms with Crippen molar-refractivity contribution in [3.63, 3.8) is 0 Å². The summed E-state index contributed by atoms with van der Waals surface area (Å²) in [5.41, 5.74) is 4.86. The second-order valence-corrected chi connectivity index (χ2v) is 8.44. The van der Waals surface area contributed by atoms with Crippen LogP contribution in [0.5, 0.6) is 5.75 Å². The number of benzene rings is 1. The molecule has 4 aromatic rings. The number of hydrogen-bond acceptors (Lipinski definition) is 6. The van der Waals surface area contributed by atoms with Gasteiger partial charge < -0.3 is 14.4 Å². The Hall–Kier alpha value is -3.65. The number of halogens is 1. The van der Waals surface area contributed by atoms with Gasteiger partial charge in [-0.05, 0) is 45.0 Å². The highest BCUT2D eigenvalue weighted by atomic mass is 35.5. The van der Waals surface area contributed by atoms with Crippen LogP contribution in [0.1, 0.15) is 30.8 Å². The molecule has 35 heavy (non-hydrogen) atoms. The van der Waals surface area contributed by atoms with Crippen molar-refractivity contribution in [1.29, 1.82) is 0 Å². The van der Waals surface area contributed by atoms with Gasteiger partial charge >= 0.3 is 6.09 Å². The lowest BCUT2D eigenvalue weighted by Crippen LogP contribution is -2.31. The molecule has 0 spiro atoms. The molecule has 0 aliphatic heterocycles. The van der Waals surface area contributed by atoms with Gasteiger partial charge in [0.15, 0.2) is 0 Å². The first kappa shape index (κ1) is 24.5. The Balaban J connectivity index is 1.61. The van der Waals surface area contributed by atoms with Crippen LogP contribution in [0, 0.1) is 6.92 Å². The van der Waals surface area contributed by atoms with Crippen LogP contribution in [0.25, 0.3) is 22.2 Å². The number of carbonyl (C=O) groups excluding carboxylic acids is 1. The SMILES string of the molecule is CCN(CC)C(=O)OCc1nccc(Cl)c1COc1cccc2c(-c3ccnn3C)cc(C)nc12. The number of aryl methyl sites for hydroxylation is 2. The number of para-hydroxylation sites is 1. The molecule has 0 saturated carbocycles. The van der Waals surface area contributed by atoms with Crippen LogP contribution in [-0.2, 0) is 25.0 Å². The van der Waals surface area contributed by atoms with Gasteiger partial charge in [-0.3, -0.25) is 9.67 Å². The molecular weight excluding hydrogens is 466 g/mol. The largest absolute Gasteiger partial charge is 0.486 e. The van der Waals surface area contributed by atoms with Gasteiger partial charge in [-0.2, -0.15) is 5.10 Å². The Morgan fingerprint density at radius 1 is 1.11 bits per heavy atom. The van der Waals surface area contributed by atoms with E-state index < -0.39 is 0 Å². The first-order chi connectivity index (χ1) is 16.9. The molecule has 0 N–H and O–H groups in total. The highest BCUT2D eigenvalue weighted by Gasteiger charge is 2.17. The summed E-state index contributed by atoms with van der Waals surface area (Å²) in [7, 11) is 1.91. The highest BCUT2D eigenvalue weighted by Crippen LogP contribution is 2.33. The maximum Gasteiger partial charge on any atom is 0.410 e.